The average Bonchev–Trinajstić information content (AvgIpc) is 3.09. The highest BCUT2D eigenvalue weighted by Crippen LogP contribution is 2.47. The second kappa shape index (κ2) is 6.32. The van der Waals surface area contributed by atoms with Crippen LogP contribution in [0.2, 0.25) is 0 Å². The van der Waals surface area contributed by atoms with Gasteiger partial charge in [0.25, 0.3) is 0 Å². The van der Waals surface area contributed by atoms with Crippen molar-refractivity contribution < 1.29 is 9.84 Å². The molecular formula is C16H18N2O2S2. The Bertz CT molecular complexity index is 712. The lowest BCUT2D eigenvalue weighted by Gasteiger charge is -2.19. The highest BCUT2D eigenvalue weighted by Gasteiger charge is 2.25. The molecule has 116 valence electrons. The molecule has 0 amide bonds. The minimum Gasteiger partial charge on any atom is -0.497 e. The number of rotatable bonds is 4. The van der Waals surface area contributed by atoms with Crippen LogP contribution in [0.25, 0.3) is 0 Å². The summed E-state index contributed by atoms with van der Waals surface area (Å²) in [4.78, 5) is 7.72. The van der Waals surface area contributed by atoms with Gasteiger partial charge in [0.15, 0.2) is 0 Å². The first-order valence-electron chi connectivity index (χ1n) is 7.07. The van der Waals surface area contributed by atoms with Crippen LogP contribution in [-0.4, -0.2) is 23.7 Å². The first-order valence-corrected chi connectivity index (χ1v) is 8.77. The van der Waals surface area contributed by atoms with Crippen molar-refractivity contribution in [2.45, 2.75) is 24.8 Å². The number of benzene rings is 1. The van der Waals surface area contributed by atoms with Crippen LogP contribution >= 0.6 is 23.1 Å². The number of nitrogens with zero attached hydrogens (tertiary/aromatic N) is 2. The van der Waals surface area contributed by atoms with E-state index in [9.17, 15) is 5.11 Å². The number of fused-ring (bicyclic) bond motifs is 1. The van der Waals surface area contributed by atoms with Gasteiger partial charge < -0.3 is 14.7 Å². The second-order valence-corrected chi connectivity index (χ2v) is 6.91. The summed E-state index contributed by atoms with van der Waals surface area (Å²) in [6.45, 7) is 4.87. The van der Waals surface area contributed by atoms with Gasteiger partial charge in [0.1, 0.15) is 16.9 Å². The smallest absolute Gasteiger partial charge is 0.126 e. The van der Waals surface area contributed by atoms with Crippen LogP contribution in [0.15, 0.2) is 39.6 Å². The Balaban J connectivity index is 1.90. The van der Waals surface area contributed by atoms with Gasteiger partial charge in [-0.15, -0.1) is 11.3 Å². The van der Waals surface area contributed by atoms with E-state index in [1.54, 1.807) is 18.9 Å². The van der Waals surface area contributed by atoms with E-state index in [0.717, 1.165) is 33.7 Å². The molecule has 1 aromatic carbocycles. The molecule has 0 saturated carbocycles. The molecule has 2 aromatic rings. The number of hydrogen-bond donors (Lipinski definition) is 1. The van der Waals surface area contributed by atoms with E-state index in [0.29, 0.717) is 0 Å². The predicted molar refractivity (Wildman–Crippen MR) is 91.8 cm³/mol. The van der Waals surface area contributed by atoms with Gasteiger partial charge in [-0.25, -0.2) is 4.98 Å². The summed E-state index contributed by atoms with van der Waals surface area (Å²) in [6.07, 6.45) is 1.20. The van der Waals surface area contributed by atoms with Crippen molar-refractivity contribution in [2.75, 3.05) is 18.6 Å². The molecule has 0 radical (unpaired) electrons. The molecule has 0 saturated heterocycles. The molecule has 6 heteroatoms. The first-order chi connectivity index (χ1) is 10.6. The minimum atomic E-state index is -0.675. The Morgan fingerprint density at radius 1 is 1.45 bits per heavy atom. The standard InChI is InChI=1S/C16H18N2O2S2/c1-4-18-12-7-11(20-3)5-6-14(12)22-15(18)8-13(19)16-17-10(2)9-21-16/h5-9,13,19H,4H2,1-3H3/b15-8-. The minimum absolute atomic E-state index is 0.675. The Labute approximate surface area is 138 Å². The zero-order valence-corrected chi connectivity index (χ0v) is 14.4. The molecule has 1 unspecified atom stereocenters. The fraction of sp³-hybridized carbons (Fsp3) is 0.312. The number of aryl methyl sites for hydroxylation is 1. The molecule has 4 nitrogen and oxygen atoms in total. The van der Waals surface area contributed by atoms with Gasteiger partial charge in [-0.2, -0.15) is 0 Å². The van der Waals surface area contributed by atoms with E-state index in [2.05, 4.69) is 22.9 Å². The van der Waals surface area contributed by atoms with Gasteiger partial charge in [0.2, 0.25) is 0 Å². The maximum absolute atomic E-state index is 10.4. The summed E-state index contributed by atoms with van der Waals surface area (Å²) in [5.74, 6) is 0.843. The van der Waals surface area contributed by atoms with Crippen LogP contribution in [0, 0.1) is 6.92 Å². The van der Waals surface area contributed by atoms with Crippen molar-refractivity contribution in [1.29, 1.82) is 0 Å². The van der Waals surface area contributed by atoms with Crippen molar-refractivity contribution in [3.8, 4) is 5.75 Å². The van der Waals surface area contributed by atoms with Crippen molar-refractivity contribution in [1.82, 2.24) is 4.98 Å². The molecule has 0 spiro atoms. The van der Waals surface area contributed by atoms with Gasteiger partial charge in [0, 0.05) is 28.6 Å². The third-order valence-corrected chi connectivity index (χ3v) is 5.61. The van der Waals surface area contributed by atoms with E-state index in [1.807, 2.05) is 30.5 Å². The van der Waals surface area contributed by atoms with Crippen LogP contribution in [-0.2, 0) is 0 Å². The highest BCUT2D eigenvalue weighted by atomic mass is 32.2. The van der Waals surface area contributed by atoms with E-state index in [-0.39, 0.29) is 0 Å². The Morgan fingerprint density at radius 2 is 2.27 bits per heavy atom. The Hall–Kier alpha value is -1.50. The predicted octanol–water partition coefficient (Wildman–Crippen LogP) is 3.97. The lowest BCUT2D eigenvalue weighted by atomic mass is 10.2. The zero-order chi connectivity index (χ0) is 15.7. The van der Waals surface area contributed by atoms with Gasteiger partial charge in [-0.3, -0.25) is 0 Å². The van der Waals surface area contributed by atoms with Crippen LogP contribution < -0.4 is 9.64 Å². The summed E-state index contributed by atoms with van der Waals surface area (Å²) in [6, 6.07) is 6.05. The van der Waals surface area contributed by atoms with Gasteiger partial charge >= 0.3 is 0 Å². The summed E-state index contributed by atoms with van der Waals surface area (Å²) >= 11 is 3.15. The molecule has 3 rings (SSSR count). The van der Waals surface area contributed by atoms with Gasteiger partial charge in [-0.05, 0) is 32.1 Å². The van der Waals surface area contributed by atoms with E-state index >= 15 is 0 Å². The monoisotopic (exact) mass is 334 g/mol. The molecule has 1 N–H and O–H groups in total. The fourth-order valence-corrected chi connectivity index (χ4v) is 4.29. The number of aromatic nitrogens is 1. The molecule has 22 heavy (non-hydrogen) atoms. The van der Waals surface area contributed by atoms with E-state index in [1.165, 1.54) is 16.2 Å². The van der Waals surface area contributed by atoms with Crippen molar-refractivity contribution >= 4 is 28.8 Å². The van der Waals surface area contributed by atoms with E-state index in [4.69, 9.17) is 4.74 Å². The number of anilines is 1. The second-order valence-electron chi connectivity index (χ2n) is 4.96. The maximum atomic E-state index is 10.4. The van der Waals surface area contributed by atoms with Crippen LogP contribution in [0.3, 0.4) is 0 Å². The molecule has 0 fully saturated rings. The number of aliphatic hydroxyl groups excluding tert-OH is 1. The van der Waals surface area contributed by atoms with Gasteiger partial charge in [-0.1, -0.05) is 11.8 Å². The van der Waals surface area contributed by atoms with Crippen LogP contribution in [0.5, 0.6) is 5.75 Å². The lowest BCUT2D eigenvalue weighted by molar-refractivity contribution is 0.227. The van der Waals surface area contributed by atoms with E-state index < -0.39 is 6.10 Å². The van der Waals surface area contributed by atoms with Crippen molar-refractivity contribution in [3.05, 3.63) is 45.4 Å². The van der Waals surface area contributed by atoms with Crippen molar-refractivity contribution in [2.24, 2.45) is 0 Å². The van der Waals surface area contributed by atoms with Crippen molar-refractivity contribution in [3.63, 3.8) is 0 Å². The average molecular weight is 334 g/mol. The summed E-state index contributed by atoms with van der Waals surface area (Å²) in [7, 11) is 1.67. The molecule has 1 atom stereocenters. The number of methoxy groups -OCH3 is 1. The Morgan fingerprint density at radius 3 is 2.91 bits per heavy atom. The molecule has 0 aliphatic carbocycles. The summed E-state index contributed by atoms with van der Waals surface area (Å²) in [5.41, 5.74) is 2.07. The SMILES string of the molecule is CCN1/C(=C/C(O)c2nc(C)cs2)Sc2ccc(OC)cc21. The number of hydrogen-bond acceptors (Lipinski definition) is 6. The first kappa shape index (κ1) is 15.4. The molecule has 0 bridgehead atoms. The summed E-state index contributed by atoms with van der Waals surface area (Å²) in [5, 5.41) is 14.1. The number of thiazole rings is 1. The lowest BCUT2D eigenvalue weighted by Crippen LogP contribution is -2.17. The topological polar surface area (TPSA) is 45.6 Å². The normalized spacial score (nSPS) is 16.9. The number of aliphatic hydroxyl groups is 1. The third-order valence-electron chi connectivity index (χ3n) is 3.44. The number of ether oxygens (including phenoxy) is 1. The molecule has 2 heterocycles. The maximum Gasteiger partial charge on any atom is 0.126 e. The third kappa shape index (κ3) is 2.86. The van der Waals surface area contributed by atoms with Crippen LogP contribution in [0.1, 0.15) is 23.7 Å². The van der Waals surface area contributed by atoms with Crippen LogP contribution in [0.4, 0.5) is 5.69 Å². The fourth-order valence-electron chi connectivity index (χ4n) is 2.37. The molecule has 1 aromatic heterocycles. The summed E-state index contributed by atoms with van der Waals surface area (Å²) < 4.78 is 5.31. The highest BCUT2D eigenvalue weighted by molar-refractivity contribution is 8.03. The van der Waals surface area contributed by atoms with Gasteiger partial charge in [0.05, 0.1) is 17.8 Å². The molecule has 1 aliphatic heterocycles. The number of thioether (sulfide) groups is 1. The zero-order valence-electron chi connectivity index (χ0n) is 12.7. The quantitative estimate of drug-likeness (QED) is 0.917. The largest absolute Gasteiger partial charge is 0.497 e. The Kier molecular flexibility index (Phi) is 4.42. The molecule has 1 aliphatic rings. The molecular weight excluding hydrogens is 316 g/mol.